The molecule has 0 bridgehead atoms. The quantitative estimate of drug-likeness (QED) is 0.798. The van der Waals surface area contributed by atoms with Crippen LogP contribution in [0.2, 0.25) is 0 Å². The number of amides is 1. The Kier molecular flexibility index (Phi) is 4.96. The SMILES string of the molecule is O=C([C@H]1CCCN(c2cnccn2)C1)N1CCC[C@@H]1c1ccc2c(c1)OCCO2. The van der Waals surface area contributed by atoms with E-state index in [1.54, 1.807) is 18.6 Å². The molecule has 0 unspecified atom stereocenters. The maximum atomic E-state index is 13.5. The van der Waals surface area contributed by atoms with Crippen molar-refractivity contribution in [1.29, 1.82) is 0 Å². The summed E-state index contributed by atoms with van der Waals surface area (Å²) < 4.78 is 11.4. The summed E-state index contributed by atoms with van der Waals surface area (Å²) in [6, 6.07) is 6.22. The van der Waals surface area contributed by atoms with Crippen molar-refractivity contribution < 1.29 is 14.3 Å². The molecule has 0 saturated carbocycles. The van der Waals surface area contributed by atoms with Crippen molar-refractivity contribution in [2.24, 2.45) is 5.92 Å². The molecule has 2 aromatic rings. The third-order valence-corrected chi connectivity index (χ3v) is 6.13. The number of carbonyl (C=O) groups excluding carboxylic acids is 1. The van der Waals surface area contributed by atoms with Crippen LogP contribution in [0.3, 0.4) is 0 Å². The summed E-state index contributed by atoms with van der Waals surface area (Å²) in [5.74, 6) is 2.71. The molecular formula is C22H26N4O3. The summed E-state index contributed by atoms with van der Waals surface area (Å²) in [6.45, 7) is 3.62. The summed E-state index contributed by atoms with van der Waals surface area (Å²) in [4.78, 5) is 26.3. The van der Waals surface area contributed by atoms with Crippen molar-refractivity contribution in [1.82, 2.24) is 14.9 Å². The highest BCUT2D eigenvalue weighted by atomic mass is 16.6. The predicted octanol–water partition coefficient (Wildman–Crippen LogP) is 2.83. The monoisotopic (exact) mass is 394 g/mol. The van der Waals surface area contributed by atoms with Gasteiger partial charge in [0, 0.05) is 32.0 Å². The molecule has 1 aromatic heterocycles. The third-order valence-electron chi connectivity index (χ3n) is 6.13. The van der Waals surface area contributed by atoms with Crippen molar-refractivity contribution in [2.75, 3.05) is 37.7 Å². The summed E-state index contributed by atoms with van der Waals surface area (Å²) in [7, 11) is 0. The standard InChI is InChI=1S/C22H26N4O3/c27-22(17-3-1-9-25(15-17)21-14-23-7-8-24-21)26-10-2-4-18(26)16-5-6-19-20(13-16)29-12-11-28-19/h5-8,13-14,17-18H,1-4,9-12,15H2/t17-,18+/m0/s1. The number of aromatic nitrogens is 2. The van der Waals surface area contributed by atoms with Gasteiger partial charge in [-0.05, 0) is 43.4 Å². The van der Waals surface area contributed by atoms with Gasteiger partial charge < -0.3 is 19.3 Å². The second kappa shape index (κ2) is 7.89. The lowest BCUT2D eigenvalue weighted by Gasteiger charge is -2.36. The molecular weight excluding hydrogens is 368 g/mol. The van der Waals surface area contributed by atoms with Crippen LogP contribution in [0, 0.1) is 5.92 Å². The molecule has 2 atom stereocenters. The topological polar surface area (TPSA) is 67.8 Å². The van der Waals surface area contributed by atoms with Gasteiger partial charge in [-0.15, -0.1) is 0 Å². The fourth-order valence-corrected chi connectivity index (χ4v) is 4.72. The van der Waals surface area contributed by atoms with E-state index in [0.29, 0.717) is 19.8 Å². The number of hydrogen-bond donors (Lipinski definition) is 0. The minimum Gasteiger partial charge on any atom is -0.486 e. The van der Waals surface area contributed by atoms with Crippen molar-refractivity contribution in [3.63, 3.8) is 0 Å². The third kappa shape index (κ3) is 3.61. The van der Waals surface area contributed by atoms with Gasteiger partial charge in [0.1, 0.15) is 19.0 Å². The second-order valence-corrected chi connectivity index (χ2v) is 7.94. The average molecular weight is 394 g/mol. The van der Waals surface area contributed by atoms with E-state index in [9.17, 15) is 4.79 Å². The lowest BCUT2D eigenvalue weighted by atomic mass is 9.95. The molecule has 0 aliphatic carbocycles. The molecule has 1 amide bonds. The fraction of sp³-hybridized carbons (Fsp3) is 0.500. The maximum absolute atomic E-state index is 13.5. The number of anilines is 1. The van der Waals surface area contributed by atoms with E-state index in [1.165, 1.54) is 0 Å². The number of piperidine rings is 1. The van der Waals surface area contributed by atoms with Gasteiger partial charge >= 0.3 is 0 Å². The number of fused-ring (bicyclic) bond motifs is 1. The maximum Gasteiger partial charge on any atom is 0.227 e. The Bertz CT molecular complexity index is 876. The molecule has 3 aliphatic heterocycles. The van der Waals surface area contributed by atoms with Gasteiger partial charge in [-0.1, -0.05) is 6.07 Å². The summed E-state index contributed by atoms with van der Waals surface area (Å²) in [5.41, 5.74) is 1.14. The molecule has 152 valence electrons. The van der Waals surface area contributed by atoms with E-state index in [-0.39, 0.29) is 17.9 Å². The first-order valence-corrected chi connectivity index (χ1v) is 10.5. The van der Waals surface area contributed by atoms with Gasteiger partial charge in [-0.2, -0.15) is 0 Å². The lowest BCUT2D eigenvalue weighted by Crippen LogP contribution is -2.45. The Labute approximate surface area is 170 Å². The van der Waals surface area contributed by atoms with Gasteiger partial charge in [0.15, 0.2) is 11.5 Å². The molecule has 4 heterocycles. The molecule has 3 aliphatic rings. The number of benzene rings is 1. The summed E-state index contributed by atoms with van der Waals surface area (Å²) in [6.07, 6.45) is 9.12. The number of rotatable bonds is 3. The van der Waals surface area contributed by atoms with Crippen LogP contribution in [0.4, 0.5) is 5.82 Å². The Morgan fingerprint density at radius 3 is 2.76 bits per heavy atom. The summed E-state index contributed by atoms with van der Waals surface area (Å²) >= 11 is 0. The fourth-order valence-electron chi connectivity index (χ4n) is 4.72. The normalized spacial score (nSPS) is 23.9. The number of likely N-dealkylation sites (tertiary alicyclic amines) is 1. The number of carbonyl (C=O) groups is 1. The zero-order chi connectivity index (χ0) is 19.6. The van der Waals surface area contributed by atoms with Gasteiger partial charge in [-0.25, -0.2) is 4.98 Å². The van der Waals surface area contributed by atoms with Gasteiger partial charge in [0.2, 0.25) is 5.91 Å². The number of ether oxygens (including phenoxy) is 2. The van der Waals surface area contributed by atoms with Crippen LogP contribution < -0.4 is 14.4 Å². The molecule has 7 nitrogen and oxygen atoms in total. The summed E-state index contributed by atoms with van der Waals surface area (Å²) in [5, 5.41) is 0. The van der Waals surface area contributed by atoms with E-state index in [1.807, 2.05) is 6.07 Å². The Balaban J connectivity index is 1.32. The smallest absolute Gasteiger partial charge is 0.227 e. The van der Waals surface area contributed by atoms with Crippen LogP contribution in [0.15, 0.2) is 36.8 Å². The zero-order valence-electron chi connectivity index (χ0n) is 16.5. The Hall–Kier alpha value is -2.83. The second-order valence-electron chi connectivity index (χ2n) is 7.94. The molecule has 2 saturated heterocycles. The van der Waals surface area contributed by atoms with Crippen LogP contribution in [-0.4, -0.2) is 53.6 Å². The first-order valence-electron chi connectivity index (χ1n) is 10.5. The van der Waals surface area contributed by atoms with Crippen LogP contribution in [0.25, 0.3) is 0 Å². The van der Waals surface area contributed by atoms with E-state index < -0.39 is 0 Å². The van der Waals surface area contributed by atoms with E-state index in [2.05, 4.69) is 31.9 Å². The first-order chi connectivity index (χ1) is 14.3. The molecule has 0 spiro atoms. The number of hydrogen-bond acceptors (Lipinski definition) is 6. The zero-order valence-corrected chi connectivity index (χ0v) is 16.5. The highest BCUT2D eigenvalue weighted by Crippen LogP contribution is 2.39. The highest BCUT2D eigenvalue weighted by Gasteiger charge is 2.36. The minimum atomic E-state index is 0.00330. The van der Waals surface area contributed by atoms with Crippen molar-refractivity contribution in [2.45, 2.75) is 31.7 Å². The van der Waals surface area contributed by atoms with Crippen molar-refractivity contribution in [3.8, 4) is 11.5 Å². The van der Waals surface area contributed by atoms with Crippen molar-refractivity contribution >= 4 is 11.7 Å². The molecule has 1 aromatic carbocycles. The highest BCUT2D eigenvalue weighted by molar-refractivity contribution is 5.80. The average Bonchev–Trinajstić information content (AvgIpc) is 3.29. The Morgan fingerprint density at radius 2 is 1.90 bits per heavy atom. The molecule has 2 fully saturated rings. The first kappa shape index (κ1) is 18.2. The van der Waals surface area contributed by atoms with Gasteiger partial charge in [0.05, 0.1) is 18.2 Å². The molecule has 5 rings (SSSR count). The number of nitrogens with zero attached hydrogens (tertiary/aromatic N) is 4. The molecule has 0 N–H and O–H groups in total. The minimum absolute atomic E-state index is 0.00330. The van der Waals surface area contributed by atoms with Crippen molar-refractivity contribution in [3.05, 3.63) is 42.4 Å². The van der Waals surface area contributed by atoms with Crippen LogP contribution in [0.1, 0.15) is 37.3 Å². The van der Waals surface area contributed by atoms with Gasteiger partial charge in [0.25, 0.3) is 0 Å². The van der Waals surface area contributed by atoms with E-state index in [4.69, 9.17) is 9.47 Å². The molecule has 29 heavy (non-hydrogen) atoms. The predicted molar refractivity (Wildman–Crippen MR) is 108 cm³/mol. The lowest BCUT2D eigenvalue weighted by molar-refractivity contribution is -0.136. The molecule has 7 heteroatoms. The van der Waals surface area contributed by atoms with E-state index in [0.717, 1.165) is 61.7 Å². The van der Waals surface area contributed by atoms with Crippen LogP contribution in [0.5, 0.6) is 11.5 Å². The molecule has 0 radical (unpaired) electrons. The van der Waals surface area contributed by atoms with Crippen LogP contribution in [-0.2, 0) is 4.79 Å². The Morgan fingerprint density at radius 1 is 1.03 bits per heavy atom. The van der Waals surface area contributed by atoms with E-state index >= 15 is 0 Å². The largest absolute Gasteiger partial charge is 0.486 e. The van der Waals surface area contributed by atoms with Crippen LogP contribution >= 0.6 is 0 Å². The van der Waals surface area contributed by atoms with Gasteiger partial charge in [-0.3, -0.25) is 9.78 Å².